The minimum Gasteiger partial charge on any atom is -0.394 e. The summed E-state index contributed by atoms with van der Waals surface area (Å²) in [5, 5.41) is 14.6. The van der Waals surface area contributed by atoms with Crippen LogP contribution in [0.2, 0.25) is 0 Å². The van der Waals surface area contributed by atoms with Gasteiger partial charge in [-0.05, 0) is 51.2 Å². The van der Waals surface area contributed by atoms with Crippen molar-refractivity contribution < 1.29 is 9.90 Å². The lowest BCUT2D eigenvalue weighted by Gasteiger charge is -2.30. The summed E-state index contributed by atoms with van der Waals surface area (Å²) in [6, 6.07) is -0.309. The van der Waals surface area contributed by atoms with Crippen LogP contribution in [0.15, 0.2) is 0 Å². The van der Waals surface area contributed by atoms with E-state index in [0.29, 0.717) is 6.54 Å². The molecule has 0 bridgehead atoms. The SMILES string of the molecule is CCC(CO)NC(=O)NCCCN1CCC(C)CC1. The van der Waals surface area contributed by atoms with Gasteiger partial charge in [-0.2, -0.15) is 0 Å². The number of nitrogens with zero attached hydrogens (tertiary/aromatic N) is 1. The molecule has 1 aliphatic rings. The second-order valence-electron chi connectivity index (χ2n) is 5.57. The number of carbonyl (C=O) groups excluding carboxylic acids is 1. The van der Waals surface area contributed by atoms with Gasteiger partial charge < -0.3 is 20.6 Å². The van der Waals surface area contributed by atoms with Gasteiger partial charge in [0, 0.05) is 6.54 Å². The third-order valence-corrected chi connectivity index (χ3v) is 3.86. The largest absolute Gasteiger partial charge is 0.394 e. The molecule has 19 heavy (non-hydrogen) atoms. The molecule has 0 aromatic carbocycles. The lowest BCUT2D eigenvalue weighted by Crippen LogP contribution is -2.44. The first kappa shape index (κ1) is 16.2. The number of rotatable bonds is 7. The summed E-state index contributed by atoms with van der Waals surface area (Å²) in [5.41, 5.74) is 0. The van der Waals surface area contributed by atoms with Crippen molar-refractivity contribution in [1.29, 1.82) is 0 Å². The fourth-order valence-electron chi connectivity index (χ4n) is 2.30. The molecule has 112 valence electrons. The first-order chi connectivity index (χ1) is 9.15. The molecule has 1 saturated heterocycles. The molecule has 1 fully saturated rings. The van der Waals surface area contributed by atoms with E-state index in [-0.39, 0.29) is 18.7 Å². The summed E-state index contributed by atoms with van der Waals surface area (Å²) in [7, 11) is 0. The van der Waals surface area contributed by atoms with E-state index in [0.717, 1.165) is 25.3 Å². The van der Waals surface area contributed by atoms with E-state index in [2.05, 4.69) is 22.5 Å². The molecular weight excluding hydrogens is 242 g/mol. The average molecular weight is 271 g/mol. The predicted molar refractivity (Wildman–Crippen MR) is 77.2 cm³/mol. The van der Waals surface area contributed by atoms with E-state index in [1.54, 1.807) is 0 Å². The van der Waals surface area contributed by atoms with E-state index in [1.807, 2.05) is 6.92 Å². The van der Waals surface area contributed by atoms with Crippen molar-refractivity contribution in [2.45, 2.75) is 45.6 Å². The summed E-state index contributed by atoms with van der Waals surface area (Å²) in [6.45, 7) is 8.39. The standard InChI is InChI=1S/C14H29N3O2/c1-3-13(11-18)16-14(19)15-7-4-8-17-9-5-12(2)6-10-17/h12-13,18H,3-11H2,1-2H3,(H2,15,16,19). The van der Waals surface area contributed by atoms with Gasteiger partial charge >= 0.3 is 6.03 Å². The van der Waals surface area contributed by atoms with Gasteiger partial charge in [0.1, 0.15) is 0 Å². The van der Waals surface area contributed by atoms with Crippen LogP contribution >= 0.6 is 0 Å². The number of hydrogen-bond donors (Lipinski definition) is 3. The molecule has 0 aromatic heterocycles. The highest BCUT2D eigenvalue weighted by Gasteiger charge is 2.15. The first-order valence-corrected chi connectivity index (χ1v) is 7.53. The molecule has 1 heterocycles. The summed E-state index contributed by atoms with van der Waals surface area (Å²) < 4.78 is 0. The Morgan fingerprint density at radius 1 is 1.42 bits per heavy atom. The van der Waals surface area contributed by atoms with Gasteiger partial charge in [0.25, 0.3) is 0 Å². The number of aliphatic hydroxyl groups is 1. The average Bonchev–Trinajstić information content (AvgIpc) is 2.43. The number of nitrogens with one attached hydrogen (secondary N) is 2. The smallest absolute Gasteiger partial charge is 0.315 e. The molecule has 0 radical (unpaired) electrons. The molecular formula is C14H29N3O2. The molecule has 5 heteroatoms. The Kier molecular flexibility index (Phi) is 7.82. The Bertz CT molecular complexity index is 249. The van der Waals surface area contributed by atoms with Crippen LogP contribution < -0.4 is 10.6 Å². The Morgan fingerprint density at radius 3 is 2.68 bits per heavy atom. The van der Waals surface area contributed by atoms with E-state index in [4.69, 9.17) is 5.11 Å². The van der Waals surface area contributed by atoms with Crippen LogP contribution in [-0.4, -0.2) is 54.9 Å². The highest BCUT2D eigenvalue weighted by atomic mass is 16.3. The molecule has 0 aromatic rings. The van der Waals surface area contributed by atoms with Crippen LogP contribution in [-0.2, 0) is 0 Å². The molecule has 5 nitrogen and oxygen atoms in total. The van der Waals surface area contributed by atoms with Gasteiger partial charge in [0.05, 0.1) is 12.6 Å². The lowest BCUT2D eigenvalue weighted by atomic mass is 9.99. The number of urea groups is 1. The number of carbonyl (C=O) groups is 1. The first-order valence-electron chi connectivity index (χ1n) is 7.53. The third kappa shape index (κ3) is 6.78. The zero-order valence-corrected chi connectivity index (χ0v) is 12.3. The quantitative estimate of drug-likeness (QED) is 0.609. The van der Waals surface area contributed by atoms with Gasteiger partial charge in [0.2, 0.25) is 0 Å². The van der Waals surface area contributed by atoms with Crippen molar-refractivity contribution in [3.63, 3.8) is 0 Å². The minimum atomic E-state index is -0.173. The topological polar surface area (TPSA) is 64.6 Å². The lowest BCUT2D eigenvalue weighted by molar-refractivity contribution is 0.189. The molecule has 2 amide bonds. The van der Waals surface area contributed by atoms with E-state index in [9.17, 15) is 4.79 Å². The highest BCUT2D eigenvalue weighted by Crippen LogP contribution is 2.15. The Labute approximate surface area is 116 Å². The molecule has 1 unspecified atom stereocenters. The number of aliphatic hydroxyl groups excluding tert-OH is 1. The zero-order chi connectivity index (χ0) is 14.1. The number of piperidine rings is 1. The molecule has 1 aliphatic heterocycles. The van der Waals surface area contributed by atoms with Crippen molar-refractivity contribution in [3.8, 4) is 0 Å². The Morgan fingerprint density at radius 2 is 2.11 bits per heavy atom. The van der Waals surface area contributed by atoms with Crippen LogP contribution in [0.5, 0.6) is 0 Å². The van der Waals surface area contributed by atoms with Crippen LogP contribution in [0.4, 0.5) is 4.79 Å². The van der Waals surface area contributed by atoms with Crippen LogP contribution in [0.1, 0.15) is 39.5 Å². The Balaban J connectivity index is 2.02. The summed E-state index contributed by atoms with van der Waals surface area (Å²) in [6.07, 6.45) is 4.32. The van der Waals surface area contributed by atoms with Gasteiger partial charge in [-0.3, -0.25) is 0 Å². The van der Waals surface area contributed by atoms with Crippen LogP contribution in [0, 0.1) is 5.92 Å². The maximum atomic E-state index is 11.5. The summed E-state index contributed by atoms with van der Waals surface area (Å²) in [4.78, 5) is 14.0. The second kappa shape index (κ2) is 9.15. The maximum Gasteiger partial charge on any atom is 0.315 e. The molecule has 0 aliphatic carbocycles. The van der Waals surface area contributed by atoms with Crippen molar-refractivity contribution in [3.05, 3.63) is 0 Å². The molecule has 3 N–H and O–H groups in total. The van der Waals surface area contributed by atoms with E-state index in [1.165, 1.54) is 25.9 Å². The van der Waals surface area contributed by atoms with Gasteiger partial charge in [-0.25, -0.2) is 4.79 Å². The van der Waals surface area contributed by atoms with Crippen molar-refractivity contribution in [1.82, 2.24) is 15.5 Å². The number of hydrogen-bond acceptors (Lipinski definition) is 3. The minimum absolute atomic E-state index is 0.00409. The van der Waals surface area contributed by atoms with E-state index < -0.39 is 0 Å². The maximum absolute atomic E-state index is 11.5. The predicted octanol–water partition coefficient (Wildman–Crippen LogP) is 1.18. The molecule has 1 atom stereocenters. The van der Waals surface area contributed by atoms with Gasteiger partial charge in [-0.15, -0.1) is 0 Å². The van der Waals surface area contributed by atoms with Gasteiger partial charge in [-0.1, -0.05) is 13.8 Å². The molecule has 0 saturated carbocycles. The van der Waals surface area contributed by atoms with Gasteiger partial charge in [0.15, 0.2) is 0 Å². The van der Waals surface area contributed by atoms with E-state index >= 15 is 0 Å². The third-order valence-electron chi connectivity index (χ3n) is 3.86. The van der Waals surface area contributed by atoms with Crippen molar-refractivity contribution in [2.24, 2.45) is 5.92 Å². The van der Waals surface area contributed by atoms with Crippen LogP contribution in [0.3, 0.4) is 0 Å². The van der Waals surface area contributed by atoms with Crippen molar-refractivity contribution in [2.75, 3.05) is 32.8 Å². The molecule has 0 spiro atoms. The summed E-state index contributed by atoms with van der Waals surface area (Å²) >= 11 is 0. The summed E-state index contributed by atoms with van der Waals surface area (Å²) in [5.74, 6) is 0.865. The second-order valence-corrected chi connectivity index (χ2v) is 5.57. The highest BCUT2D eigenvalue weighted by molar-refractivity contribution is 5.74. The number of amides is 2. The zero-order valence-electron chi connectivity index (χ0n) is 12.3. The monoisotopic (exact) mass is 271 g/mol. The normalized spacial score (nSPS) is 19.1. The Hall–Kier alpha value is -0.810. The fraction of sp³-hybridized carbons (Fsp3) is 0.929. The number of likely N-dealkylation sites (tertiary alicyclic amines) is 1. The van der Waals surface area contributed by atoms with Crippen molar-refractivity contribution >= 4 is 6.03 Å². The molecule has 1 rings (SSSR count). The van der Waals surface area contributed by atoms with Crippen LogP contribution in [0.25, 0.3) is 0 Å². The fourth-order valence-corrected chi connectivity index (χ4v) is 2.30.